The van der Waals surface area contributed by atoms with Crippen LogP contribution in [0.15, 0.2) is 30.3 Å². The standard InChI is InChI=1S/C26H42N4O8/c1-5-18-29(19(3)6-2)24(31)22(14-10-11-17-27-26(34)37-20(4)38-30(35)36)28-23(25(32)33)16-15-21-12-8-7-9-13-21/h7-9,12-13,19-20,22-23,28H,5-6,10-11,14-18H2,1-4H3,(H,27,34)(H,32,33). The number of carbonyl (C=O) groups is 3. The summed E-state index contributed by atoms with van der Waals surface area (Å²) in [6.07, 6.45) is 1.64. The second-order valence-electron chi connectivity index (χ2n) is 9.15. The van der Waals surface area contributed by atoms with Crippen molar-refractivity contribution >= 4 is 18.0 Å². The normalized spacial score (nSPS) is 14.0. The number of rotatable bonds is 19. The van der Waals surface area contributed by atoms with E-state index in [4.69, 9.17) is 4.74 Å². The average molecular weight is 539 g/mol. The molecule has 0 aliphatic carbocycles. The van der Waals surface area contributed by atoms with Gasteiger partial charge in [-0.1, -0.05) is 44.2 Å². The highest BCUT2D eigenvalue weighted by Crippen LogP contribution is 2.14. The van der Waals surface area contributed by atoms with Gasteiger partial charge in [-0.15, -0.1) is 10.1 Å². The second kappa shape index (κ2) is 17.9. The highest BCUT2D eigenvalue weighted by molar-refractivity contribution is 5.83. The van der Waals surface area contributed by atoms with Gasteiger partial charge in [-0.3, -0.25) is 19.7 Å². The maximum Gasteiger partial charge on any atom is 0.409 e. The molecular weight excluding hydrogens is 496 g/mol. The van der Waals surface area contributed by atoms with Crippen molar-refractivity contribution in [1.29, 1.82) is 0 Å². The van der Waals surface area contributed by atoms with Crippen LogP contribution in [0.1, 0.15) is 71.8 Å². The summed E-state index contributed by atoms with van der Waals surface area (Å²) in [6, 6.07) is 8.00. The molecule has 1 aromatic rings. The Balaban J connectivity index is 2.80. The number of nitrogens with one attached hydrogen (secondary N) is 2. The van der Waals surface area contributed by atoms with Crippen molar-refractivity contribution in [3.05, 3.63) is 46.0 Å². The fraction of sp³-hybridized carbons (Fsp3) is 0.654. The summed E-state index contributed by atoms with van der Waals surface area (Å²) in [5.41, 5.74) is 1.02. The van der Waals surface area contributed by atoms with Gasteiger partial charge in [-0.2, -0.15) is 0 Å². The SMILES string of the molecule is CCCN(C(=O)C(CCCCNC(=O)OC(C)O[N+](=O)[O-])NC(CCc1ccccc1)C(=O)O)C(C)CC. The van der Waals surface area contributed by atoms with Gasteiger partial charge in [-0.05, 0) is 64.4 Å². The molecule has 0 aliphatic heterocycles. The number of amides is 2. The molecule has 12 heteroatoms. The van der Waals surface area contributed by atoms with E-state index in [0.717, 1.165) is 18.4 Å². The first-order chi connectivity index (χ1) is 18.1. The van der Waals surface area contributed by atoms with Gasteiger partial charge in [0.25, 0.3) is 5.09 Å². The van der Waals surface area contributed by atoms with Crippen LogP contribution in [0.4, 0.5) is 4.79 Å². The molecule has 0 fully saturated rings. The van der Waals surface area contributed by atoms with Crippen LogP contribution in [-0.2, 0) is 25.6 Å². The zero-order chi connectivity index (χ0) is 28.5. The lowest BCUT2D eigenvalue weighted by Gasteiger charge is -2.33. The lowest BCUT2D eigenvalue weighted by Crippen LogP contribution is -2.54. The van der Waals surface area contributed by atoms with E-state index in [1.165, 1.54) is 6.92 Å². The number of hydrogen-bond acceptors (Lipinski definition) is 8. The molecule has 0 aliphatic rings. The lowest BCUT2D eigenvalue weighted by molar-refractivity contribution is -0.777. The average Bonchev–Trinajstić information content (AvgIpc) is 2.87. The summed E-state index contributed by atoms with van der Waals surface area (Å²) in [7, 11) is 0. The number of hydrogen-bond donors (Lipinski definition) is 3. The molecule has 214 valence electrons. The molecule has 38 heavy (non-hydrogen) atoms. The van der Waals surface area contributed by atoms with Crippen LogP contribution in [0, 0.1) is 10.1 Å². The predicted octanol–water partition coefficient (Wildman–Crippen LogP) is 3.52. The molecule has 4 unspecified atom stereocenters. The van der Waals surface area contributed by atoms with Gasteiger partial charge in [0.15, 0.2) is 0 Å². The molecule has 1 aromatic carbocycles. The van der Waals surface area contributed by atoms with E-state index in [9.17, 15) is 29.6 Å². The fourth-order valence-electron chi connectivity index (χ4n) is 3.96. The van der Waals surface area contributed by atoms with Crippen LogP contribution in [0.5, 0.6) is 0 Å². The number of carbonyl (C=O) groups excluding carboxylic acids is 2. The number of ether oxygens (including phenoxy) is 1. The summed E-state index contributed by atoms with van der Waals surface area (Å²) >= 11 is 0. The quantitative estimate of drug-likeness (QED) is 0.104. The summed E-state index contributed by atoms with van der Waals surface area (Å²) in [6.45, 7) is 7.99. The molecular formula is C26H42N4O8. The third kappa shape index (κ3) is 12.7. The van der Waals surface area contributed by atoms with Crippen molar-refractivity contribution in [2.45, 2.75) is 97.1 Å². The van der Waals surface area contributed by atoms with Gasteiger partial charge < -0.3 is 20.1 Å². The highest BCUT2D eigenvalue weighted by atomic mass is 17.0. The topological polar surface area (TPSA) is 160 Å². The first kappa shape index (κ1) is 32.6. The number of nitrogens with zero attached hydrogens (tertiary/aromatic N) is 2. The summed E-state index contributed by atoms with van der Waals surface area (Å²) in [5, 5.41) is 24.7. The minimum atomic E-state index is -1.34. The Morgan fingerprint density at radius 1 is 1.08 bits per heavy atom. The van der Waals surface area contributed by atoms with Gasteiger partial charge >= 0.3 is 12.1 Å². The third-order valence-electron chi connectivity index (χ3n) is 6.13. The summed E-state index contributed by atoms with van der Waals surface area (Å²) in [4.78, 5) is 53.6. The largest absolute Gasteiger partial charge is 0.480 e. The van der Waals surface area contributed by atoms with Gasteiger partial charge in [-0.25, -0.2) is 4.79 Å². The summed E-state index contributed by atoms with van der Waals surface area (Å²) in [5.74, 6) is -1.15. The molecule has 0 heterocycles. The molecule has 0 spiro atoms. The van der Waals surface area contributed by atoms with Crippen molar-refractivity contribution in [2.75, 3.05) is 13.1 Å². The van der Waals surface area contributed by atoms with Gasteiger partial charge in [0.1, 0.15) is 6.04 Å². The van der Waals surface area contributed by atoms with Crippen LogP contribution >= 0.6 is 0 Å². The number of carboxylic acids is 1. The van der Waals surface area contributed by atoms with E-state index in [1.807, 2.05) is 51.1 Å². The van der Waals surface area contributed by atoms with E-state index >= 15 is 0 Å². The Hall–Kier alpha value is -3.41. The molecule has 3 N–H and O–H groups in total. The molecule has 0 radical (unpaired) electrons. The summed E-state index contributed by atoms with van der Waals surface area (Å²) < 4.78 is 4.71. The van der Waals surface area contributed by atoms with E-state index < -0.39 is 35.5 Å². The molecule has 12 nitrogen and oxygen atoms in total. The van der Waals surface area contributed by atoms with E-state index in [2.05, 4.69) is 15.5 Å². The van der Waals surface area contributed by atoms with Crippen molar-refractivity contribution in [1.82, 2.24) is 15.5 Å². The molecule has 0 bridgehead atoms. The minimum absolute atomic E-state index is 0.0131. The Bertz CT molecular complexity index is 870. The van der Waals surface area contributed by atoms with Gasteiger partial charge in [0.05, 0.1) is 6.04 Å². The van der Waals surface area contributed by atoms with E-state index in [0.29, 0.717) is 38.6 Å². The van der Waals surface area contributed by atoms with Crippen LogP contribution in [0.3, 0.4) is 0 Å². The predicted molar refractivity (Wildman–Crippen MR) is 141 cm³/mol. The zero-order valence-electron chi connectivity index (χ0n) is 22.8. The Morgan fingerprint density at radius 2 is 1.76 bits per heavy atom. The molecule has 1 rings (SSSR count). The molecule has 2 amide bonds. The molecule has 0 saturated carbocycles. The smallest absolute Gasteiger partial charge is 0.409 e. The second-order valence-corrected chi connectivity index (χ2v) is 9.15. The molecule has 0 aromatic heterocycles. The van der Waals surface area contributed by atoms with E-state index in [1.54, 1.807) is 4.90 Å². The maximum atomic E-state index is 13.6. The maximum absolute atomic E-state index is 13.6. The van der Waals surface area contributed by atoms with Crippen LogP contribution < -0.4 is 10.6 Å². The zero-order valence-corrected chi connectivity index (χ0v) is 22.8. The Labute approximate surface area is 224 Å². The van der Waals surface area contributed by atoms with Gasteiger partial charge in [0, 0.05) is 19.1 Å². The van der Waals surface area contributed by atoms with E-state index in [-0.39, 0.29) is 18.5 Å². The Morgan fingerprint density at radius 3 is 2.34 bits per heavy atom. The first-order valence-corrected chi connectivity index (χ1v) is 13.2. The number of alkyl carbamates (subject to hydrolysis) is 1. The first-order valence-electron chi connectivity index (χ1n) is 13.2. The van der Waals surface area contributed by atoms with Crippen molar-refractivity contribution in [3.8, 4) is 0 Å². The Kier molecular flexibility index (Phi) is 15.4. The van der Waals surface area contributed by atoms with Crippen molar-refractivity contribution < 1.29 is 34.2 Å². The lowest BCUT2D eigenvalue weighted by atomic mass is 10.0. The fourth-order valence-corrected chi connectivity index (χ4v) is 3.96. The van der Waals surface area contributed by atoms with Gasteiger partial charge in [0.2, 0.25) is 12.2 Å². The highest BCUT2D eigenvalue weighted by Gasteiger charge is 2.30. The molecule has 4 atom stereocenters. The van der Waals surface area contributed by atoms with Crippen LogP contribution in [-0.4, -0.2) is 70.6 Å². The minimum Gasteiger partial charge on any atom is -0.480 e. The van der Waals surface area contributed by atoms with Crippen LogP contribution in [0.2, 0.25) is 0 Å². The third-order valence-corrected chi connectivity index (χ3v) is 6.13. The number of benzene rings is 1. The number of unbranched alkanes of at least 4 members (excludes halogenated alkanes) is 1. The van der Waals surface area contributed by atoms with Crippen molar-refractivity contribution in [3.63, 3.8) is 0 Å². The van der Waals surface area contributed by atoms with Crippen molar-refractivity contribution in [2.24, 2.45) is 0 Å². The number of aryl methyl sites for hydroxylation is 1. The number of aliphatic carboxylic acids is 1. The monoisotopic (exact) mass is 538 g/mol. The number of carboxylic acid groups (broad SMARTS) is 1. The molecule has 0 saturated heterocycles. The van der Waals surface area contributed by atoms with Crippen LogP contribution in [0.25, 0.3) is 0 Å².